The van der Waals surface area contributed by atoms with Crippen molar-refractivity contribution in [1.29, 1.82) is 0 Å². The van der Waals surface area contributed by atoms with Crippen LogP contribution < -0.4 is 9.30 Å². The number of nitrogens with zero attached hydrogens (tertiary/aromatic N) is 4. The van der Waals surface area contributed by atoms with Crippen LogP contribution in [0.1, 0.15) is 37.3 Å². The van der Waals surface area contributed by atoms with Crippen LogP contribution in [0, 0.1) is 18.5 Å². The molecule has 0 radical (unpaired) electrons. The minimum absolute atomic E-state index is 0. The Morgan fingerprint density at radius 3 is 2.40 bits per heavy atom. The molecule has 0 saturated heterocycles. The van der Waals surface area contributed by atoms with Crippen molar-refractivity contribution >= 4 is 32.8 Å². The monoisotopic (exact) mass is 799 g/mol. The molecule has 0 bridgehead atoms. The second kappa shape index (κ2) is 12.0. The zero-order valence-corrected chi connectivity index (χ0v) is 27.9. The van der Waals surface area contributed by atoms with Crippen molar-refractivity contribution in [3.05, 3.63) is 145 Å². The largest absolute Gasteiger partial charge is 0.510 e. The molecule has 6 heteroatoms. The summed E-state index contributed by atoms with van der Waals surface area (Å²) in [5.41, 5.74) is 4.00. The number of rotatable bonds is 5. The molecule has 0 amide bonds. The Labute approximate surface area is 300 Å². The van der Waals surface area contributed by atoms with Crippen molar-refractivity contribution in [2.45, 2.75) is 26.2 Å². The number of fused-ring (bicyclic) bond motifs is 4. The van der Waals surface area contributed by atoms with Gasteiger partial charge < -0.3 is 18.4 Å². The predicted molar refractivity (Wildman–Crippen MR) is 184 cm³/mol. The minimum atomic E-state index is -2.56. The first-order chi connectivity index (χ1) is 25.6. The number of para-hydroxylation sites is 3. The maximum Gasteiger partial charge on any atom is 0.242 e. The Balaban J connectivity index is 0.00000465. The predicted octanol–water partition coefficient (Wildman–Crippen LogP) is 9.10. The summed E-state index contributed by atoms with van der Waals surface area (Å²) in [6.07, 6.45) is 4.73. The fraction of sp³-hybridized carbons (Fsp3) is 0.122. The molecule has 5 nitrogen and oxygen atoms in total. The first-order valence-corrected chi connectivity index (χ1v) is 14.8. The van der Waals surface area contributed by atoms with Crippen LogP contribution in [0.2, 0.25) is 0 Å². The van der Waals surface area contributed by atoms with Gasteiger partial charge >= 0.3 is 0 Å². The topological polar surface area (TPSA) is 35.9 Å². The molecule has 0 saturated carbocycles. The third kappa shape index (κ3) is 5.55. The Hall–Kier alpha value is -4.99. The number of hydrogen-bond acceptors (Lipinski definition) is 2. The third-order valence-corrected chi connectivity index (χ3v) is 8.04. The van der Waals surface area contributed by atoms with Gasteiger partial charge in [0.15, 0.2) is 0 Å². The van der Waals surface area contributed by atoms with Crippen molar-refractivity contribution in [2.75, 3.05) is 0 Å². The number of aryl methyl sites for hydroxylation is 1. The number of imidazole rings is 1. The number of pyridine rings is 1. The van der Waals surface area contributed by atoms with Gasteiger partial charge in [-0.25, -0.2) is 4.98 Å². The van der Waals surface area contributed by atoms with E-state index in [2.05, 4.69) is 45.3 Å². The molecule has 0 aliphatic rings. The van der Waals surface area contributed by atoms with Gasteiger partial charge in [-0.05, 0) is 40.1 Å². The van der Waals surface area contributed by atoms with Gasteiger partial charge in [0, 0.05) is 44.3 Å². The van der Waals surface area contributed by atoms with Gasteiger partial charge in [0.25, 0.3) is 0 Å². The minimum Gasteiger partial charge on any atom is -0.510 e. The SMILES string of the molecule is [2H]c1c([2H])c([2H])c(-c2cc(Oc3[c-]c4c(cc3)c3ccccc3n4-c3cc(C(C)(C)C)ccn3)[c-]c(-[n+]3[c-]n(C([2H])([2H])[2H])c4ccccc43)c2)c([2H])c1[2H].[Pt]. The second-order valence-corrected chi connectivity index (χ2v) is 12.1. The molecular formula is C41H32N4OPt-2. The summed E-state index contributed by atoms with van der Waals surface area (Å²) in [4.78, 5) is 4.75. The molecule has 8 aromatic rings. The van der Waals surface area contributed by atoms with Crippen LogP contribution in [-0.2, 0) is 33.5 Å². The van der Waals surface area contributed by atoms with Crippen LogP contribution >= 0.6 is 0 Å². The van der Waals surface area contributed by atoms with Crippen molar-refractivity contribution in [2.24, 2.45) is 6.98 Å². The van der Waals surface area contributed by atoms with Crippen molar-refractivity contribution < 1.29 is 41.3 Å². The Kier molecular flexibility index (Phi) is 5.74. The van der Waals surface area contributed by atoms with Gasteiger partial charge in [-0.1, -0.05) is 105 Å². The molecular weight excluding hydrogens is 760 g/mol. The van der Waals surface area contributed by atoms with Gasteiger partial charge in [0.1, 0.15) is 5.82 Å². The van der Waals surface area contributed by atoms with Crippen LogP contribution in [0.15, 0.2) is 121 Å². The summed E-state index contributed by atoms with van der Waals surface area (Å²) in [5, 5.41) is 1.94. The average molecular weight is 800 g/mol. The number of ether oxygens (including phenoxy) is 1. The van der Waals surface area contributed by atoms with Crippen LogP contribution in [-0.4, -0.2) is 14.1 Å². The molecule has 0 aliphatic carbocycles. The molecule has 0 spiro atoms. The smallest absolute Gasteiger partial charge is 0.242 e. The Bertz CT molecular complexity index is 2770. The van der Waals surface area contributed by atoms with Gasteiger partial charge in [0.05, 0.1) is 29.0 Å². The van der Waals surface area contributed by atoms with E-state index in [1.807, 2.05) is 41.0 Å². The van der Waals surface area contributed by atoms with E-state index in [0.29, 0.717) is 16.8 Å². The van der Waals surface area contributed by atoms with E-state index in [-0.39, 0.29) is 49.0 Å². The van der Waals surface area contributed by atoms with E-state index < -0.39 is 37.2 Å². The van der Waals surface area contributed by atoms with E-state index in [4.69, 9.17) is 20.7 Å². The van der Waals surface area contributed by atoms with Crippen molar-refractivity contribution in [1.82, 2.24) is 14.1 Å². The summed E-state index contributed by atoms with van der Waals surface area (Å²) in [7, 11) is 0. The van der Waals surface area contributed by atoms with Crippen LogP contribution in [0.5, 0.6) is 11.5 Å². The molecule has 0 unspecified atom stereocenters. The molecule has 3 heterocycles. The fourth-order valence-electron chi connectivity index (χ4n) is 5.77. The second-order valence-electron chi connectivity index (χ2n) is 12.1. The van der Waals surface area contributed by atoms with E-state index >= 15 is 0 Å². The van der Waals surface area contributed by atoms with Crippen molar-refractivity contribution in [3.63, 3.8) is 0 Å². The third-order valence-electron chi connectivity index (χ3n) is 8.04. The van der Waals surface area contributed by atoms with E-state index in [1.54, 1.807) is 48.7 Å². The molecule has 5 aromatic carbocycles. The first kappa shape index (κ1) is 22.5. The van der Waals surface area contributed by atoms with Gasteiger partial charge in [-0.2, -0.15) is 12.1 Å². The molecule has 0 atom stereocenters. The van der Waals surface area contributed by atoms with Crippen LogP contribution in [0.25, 0.3) is 55.5 Å². The quantitative estimate of drug-likeness (QED) is 0.129. The van der Waals surface area contributed by atoms with E-state index in [1.165, 1.54) is 4.57 Å². The standard InChI is InChI=1S/C41H32N4O.Pt/c1-41(2,3)30-20-21-42-40(24-30)45-36-15-9-8-14-34(36)35-19-18-32(26-39(35)45)46-33-23-29(28-12-6-5-7-13-28)22-31(25-33)44-27-43(4)37-16-10-11-17-38(37)44;/h5-24H,1-4H3;/q-2;/i4D3,5D,6D,7D,12D,13D;. The number of aromatic nitrogens is 4. The van der Waals surface area contributed by atoms with Gasteiger partial charge in [-0.15, -0.1) is 35.2 Å². The average Bonchev–Trinajstić information content (AvgIpc) is 3.69. The molecule has 234 valence electrons. The van der Waals surface area contributed by atoms with Crippen LogP contribution in [0.4, 0.5) is 0 Å². The molecule has 0 fully saturated rings. The maximum absolute atomic E-state index is 8.73. The number of hydrogen-bond donors (Lipinski definition) is 0. The van der Waals surface area contributed by atoms with Crippen LogP contribution in [0.3, 0.4) is 0 Å². The van der Waals surface area contributed by atoms with Gasteiger partial charge in [0.2, 0.25) is 6.33 Å². The summed E-state index contributed by atoms with van der Waals surface area (Å²) in [5.74, 6) is 1.17. The zero-order valence-electron chi connectivity index (χ0n) is 33.7. The summed E-state index contributed by atoms with van der Waals surface area (Å²) < 4.78 is 77.8. The Morgan fingerprint density at radius 1 is 0.809 bits per heavy atom. The summed E-state index contributed by atoms with van der Waals surface area (Å²) in [6.45, 7) is 3.89. The number of benzene rings is 5. The molecule has 0 N–H and O–H groups in total. The fourth-order valence-corrected chi connectivity index (χ4v) is 5.77. The molecule has 47 heavy (non-hydrogen) atoms. The maximum atomic E-state index is 8.73. The first-order valence-electron chi connectivity index (χ1n) is 18.8. The molecule has 0 aliphatic heterocycles. The normalized spacial score (nSPS) is 14.4. The van der Waals surface area contributed by atoms with E-state index in [0.717, 1.165) is 37.8 Å². The summed E-state index contributed by atoms with van der Waals surface area (Å²) in [6, 6.07) is 30.2. The van der Waals surface area contributed by atoms with E-state index in [9.17, 15) is 0 Å². The Morgan fingerprint density at radius 2 is 1.60 bits per heavy atom. The van der Waals surface area contributed by atoms with Gasteiger partial charge in [-0.3, -0.25) is 0 Å². The molecule has 8 rings (SSSR count). The molecule has 3 aromatic heterocycles. The zero-order chi connectivity index (χ0) is 38.3. The van der Waals surface area contributed by atoms with Crippen molar-refractivity contribution in [3.8, 4) is 34.1 Å². The summed E-state index contributed by atoms with van der Waals surface area (Å²) >= 11 is 0.